The summed E-state index contributed by atoms with van der Waals surface area (Å²) in [7, 11) is -3.92. The van der Waals surface area contributed by atoms with Crippen LogP contribution in [0.4, 0.5) is 15.8 Å². The van der Waals surface area contributed by atoms with Crippen molar-refractivity contribution in [3.63, 3.8) is 0 Å². The first-order valence-electron chi connectivity index (χ1n) is 5.43. The van der Waals surface area contributed by atoms with E-state index in [9.17, 15) is 12.8 Å². The number of hydrogen-bond acceptors (Lipinski definition) is 3. The van der Waals surface area contributed by atoms with Crippen LogP contribution in [0.5, 0.6) is 0 Å². The summed E-state index contributed by atoms with van der Waals surface area (Å²) in [5, 5.41) is 0. The molecule has 0 amide bonds. The van der Waals surface area contributed by atoms with Crippen molar-refractivity contribution in [1.82, 2.24) is 0 Å². The first-order valence-corrected chi connectivity index (χ1v) is 9.29. The van der Waals surface area contributed by atoms with Crippen LogP contribution in [0, 0.1) is 5.82 Å². The molecule has 0 aliphatic rings. The van der Waals surface area contributed by atoms with E-state index in [0.717, 1.165) is 12.1 Å². The smallest absolute Gasteiger partial charge is 0.263 e. The van der Waals surface area contributed by atoms with Gasteiger partial charge in [0, 0.05) is 13.4 Å². The Morgan fingerprint density at radius 1 is 1.05 bits per heavy atom. The van der Waals surface area contributed by atoms with E-state index in [1.807, 2.05) is 0 Å². The van der Waals surface area contributed by atoms with Crippen LogP contribution in [0.1, 0.15) is 0 Å². The summed E-state index contributed by atoms with van der Waals surface area (Å²) in [6.07, 6.45) is 0. The zero-order chi connectivity index (χ0) is 15.8. The molecular formula is C12H8Br3FN2O2S. The first-order chi connectivity index (χ1) is 9.70. The molecule has 0 aromatic heterocycles. The van der Waals surface area contributed by atoms with E-state index in [0.29, 0.717) is 14.6 Å². The summed E-state index contributed by atoms with van der Waals surface area (Å²) >= 11 is 9.54. The normalized spacial score (nSPS) is 11.4. The van der Waals surface area contributed by atoms with Gasteiger partial charge in [-0.25, -0.2) is 12.8 Å². The minimum Gasteiger partial charge on any atom is -0.396 e. The Hall–Kier alpha value is -0.640. The summed E-state index contributed by atoms with van der Waals surface area (Å²) in [5.41, 5.74) is 5.53. The number of anilines is 2. The molecule has 0 aliphatic carbocycles. The number of benzene rings is 2. The molecule has 21 heavy (non-hydrogen) atoms. The molecule has 0 saturated carbocycles. The largest absolute Gasteiger partial charge is 0.396 e. The molecule has 112 valence electrons. The second kappa shape index (κ2) is 6.23. The van der Waals surface area contributed by atoms with Crippen molar-refractivity contribution < 1.29 is 12.8 Å². The third kappa shape index (κ3) is 3.77. The molecule has 0 aliphatic heterocycles. The molecule has 2 rings (SSSR count). The van der Waals surface area contributed by atoms with Gasteiger partial charge in [0.05, 0.1) is 11.4 Å². The van der Waals surface area contributed by atoms with Gasteiger partial charge in [-0.1, -0.05) is 15.9 Å². The molecule has 2 aromatic rings. The fourth-order valence-corrected chi connectivity index (χ4v) is 4.49. The molecule has 9 heteroatoms. The van der Waals surface area contributed by atoms with Gasteiger partial charge in [-0.05, 0) is 62.2 Å². The number of rotatable bonds is 3. The van der Waals surface area contributed by atoms with Crippen molar-refractivity contribution in [3.05, 3.63) is 49.6 Å². The van der Waals surface area contributed by atoms with Crippen LogP contribution in [0.2, 0.25) is 0 Å². The highest BCUT2D eigenvalue weighted by molar-refractivity contribution is 9.11. The monoisotopic (exact) mass is 500 g/mol. The third-order valence-corrected chi connectivity index (χ3v) is 6.02. The standard InChI is InChI=1S/C12H8Br3FN2O2S/c13-6-1-2-7(14)11(3-6)18-21(19,20)12-5-10(17)9(16)4-8(12)15/h1-5,18H,17H2. The van der Waals surface area contributed by atoms with Gasteiger partial charge in [0.15, 0.2) is 0 Å². The minimum absolute atomic E-state index is 0.0906. The van der Waals surface area contributed by atoms with Gasteiger partial charge in [-0.3, -0.25) is 4.72 Å². The van der Waals surface area contributed by atoms with Gasteiger partial charge < -0.3 is 5.73 Å². The molecule has 4 nitrogen and oxygen atoms in total. The average Bonchev–Trinajstić information content (AvgIpc) is 2.37. The minimum atomic E-state index is -3.92. The number of nitrogens with one attached hydrogen (secondary N) is 1. The Morgan fingerprint density at radius 2 is 1.71 bits per heavy atom. The Bertz CT molecular complexity index is 812. The van der Waals surface area contributed by atoms with Crippen molar-refractivity contribution in [2.75, 3.05) is 10.5 Å². The maximum atomic E-state index is 13.3. The summed E-state index contributed by atoms with van der Waals surface area (Å²) in [5.74, 6) is -0.690. The van der Waals surface area contributed by atoms with Crippen LogP contribution < -0.4 is 10.5 Å². The van der Waals surface area contributed by atoms with Gasteiger partial charge in [-0.2, -0.15) is 0 Å². The highest BCUT2D eigenvalue weighted by Crippen LogP contribution is 2.31. The number of sulfonamides is 1. The Balaban J connectivity index is 2.48. The number of hydrogen-bond donors (Lipinski definition) is 2. The lowest BCUT2D eigenvalue weighted by molar-refractivity contribution is 0.599. The number of nitrogen functional groups attached to an aromatic ring is 1. The Labute approximate surface area is 146 Å². The molecule has 0 radical (unpaired) electrons. The van der Waals surface area contributed by atoms with E-state index >= 15 is 0 Å². The lowest BCUT2D eigenvalue weighted by Crippen LogP contribution is -2.14. The predicted molar refractivity (Wildman–Crippen MR) is 91.2 cm³/mol. The van der Waals surface area contributed by atoms with Gasteiger partial charge in [0.25, 0.3) is 10.0 Å². The van der Waals surface area contributed by atoms with Crippen molar-refractivity contribution >= 4 is 69.2 Å². The Morgan fingerprint density at radius 3 is 2.38 bits per heavy atom. The number of nitrogens with two attached hydrogens (primary N) is 1. The van der Waals surface area contributed by atoms with E-state index in [1.54, 1.807) is 18.2 Å². The van der Waals surface area contributed by atoms with E-state index < -0.39 is 15.8 Å². The van der Waals surface area contributed by atoms with Crippen LogP contribution in [0.15, 0.2) is 48.6 Å². The van der Waals surface area contributed by atoms with Crippen molar-refractivity contribution in [3.8, 4) is 0 Å². The maximum Gasteiger partial charge on any atom is 0.263 e. The van der Waals surface area contributed by atoms with Crippen molar-refractivity contribution in [2.45, 2.75) is 4.90 Å². The van der Waals surface area contributed by atoms with Crippen LogP contribution >= 0.6 is 47.8 Å². The fraction of sp³-hybridized carbons (Fsp3) is 0. The lowest BCUT2D eigenvalue weighted by Gasteiger charge is -2.12. The zero-order valence-electron chi connectivity index (χ0n) is 10.2. The fourth-order valence-electron chi connectivity index (χ4n) is 1.53. The molecule has 0 spiro atoms. The zero-order valence-corrected chi connectivity index (χ0v) is 15.8. The number of halogens is 4. The van der Waals surface area contributed by atoms with Gasteiger partial charge in [0.1, 0.15) is 10.7 Å². The topological polar surface area (TPSA) is 72.2 Å². The maximum absolute atomic E-state index is 13.3. The summed E-state index contributed by atoms with van der Waals surface area (Å²) < 4.78 is 41.9. The van der Waals surface area contributed by atoms with E-state index in [2.05, 4.69) is 52.5 Å². The van der Waals surface area contributed by atoms with E-state index in [4.69, 9.17) is 5.73 Å². The van der Waals surface area contributed by atoms with Crippen LogP contribution in [-0.4, -0.2) is 8.42 Å². The van der Waals surface area contributed by atoms with Crippen LogP contribution in [-0.2, 0) is 10.0 Å². The predicted octanol–water partition coefficient (Wildman–Crippen LogP) is 4.50. The highest BCUT2D eigenvalue weighted by atomic mass is 79.9. The van der Waals surface area contributed by atoms with E-state index in [1.165, 1.54) is 0 Å². The van der Waals surface area contributed by atoms with Gasteiger partial charge in [-0.15, -0.1) is 0 Å². The van der Waals surface area contributed by atoms with Crippen molar-refractivity contribution in [1.29, 1.82) is 0 Å². The summed E-state index contributed by atoms with van der Waals surface area (Å²) in [6, 6.07) is 7.12. The quantitative estimate of drug-likeness (QED) is 0.607. The van der Waals surface area contributed by atoms with Gasteiger partial charge >= 0.3 is 0 Å². The third-order valence-electron chi connectivity index (χ3n) is 2.51. The highest BCUT2D eigenvalue weighted by Gasteiger charge is 2.21. The first kappa shape index (κ1) is 16.7. The molecular weight excluding hydrogens is 495 g/mol. The second-order valence-corrected chi connectivity index (χ2v) is 8.31. The van der Waals surface area contributed by atoms with Gasteiger partial charge in [0.2, 0.25) is 0 Å². The average molecular weight is 503 g/mol. The molecule has 0 heterocycles. The summed E-state index contributed by atoms with van der Waals surface area (Å²) in [4.78, 5) is -0.145. The van der Waals surface area contributed by atoms with E-state index in [-0.39, 0.29) is 15.1 Å². The molecule has 2 aromatic carbocycles. The Kier molecular flexibility index (Phi) is 4.96. The molecule has 0 unspecified atom stereocenters. The molecule has 0 fully saturated rings. The SMILES string of the molecule is Nc1cc(S(=O)(=O)Nc2cc(Br)ccc2Br)c(Br)cc1F. The molecule has 0 atom stereocenters. The van der Waals surface area contributed by atoms with Crippen molar-refractivity contribution in [2.24, 2.45) is 0 Å². The van der Waals surface area contributed by atoms with Crippen LogP contribution in [0.3, 0.4) is 0 Å². The second-order valence-electron chi connectivity index (χ2n) is 4.03. The molecule has 0 bridgehead atoms. The lowest BCUT2D eigenvalue weighted by atomic mass is 10.3. The molecule has 0 saturated heterocycles. The molecule has 3 N–H and O–H groups in total. The van der Waals surface area contributed by atoms with Crippen LogP contribution in [0.25, 0.3) is 0 Å². The summed E-state index contributed by atoms with van der Waals surface area (Å²) in [6.45, 7) is 0.